The number of nitrogens with zero attached hydrogens (tertiary/aromatic N) is 1. The van der Waals surface area contributed by atoms with Gasteiger partial charge in [0.05, 0.1) is 17.6 Å². The normalized spacial score (nSPS) is 19.5. The monoisotopic (exact) mass is 363 g/mol. The van der Waals surface area contributed by atoms with Crippen molar-refractivity contribution in [2.45, 2.75) is 31.7 Å². The number of amides is 1. The van der Waals surface area contributed by atoms with Crippen LogP contribution in [0.5, 0.6) is 0 Å². The van der Waals surface area contributed by atoms with Gasteiger partial charge >= 0.3 is 6.18 Å². The molecule has 2 unspecified atom stereocenters. The van der Waals surface area contributed by atoms with Gasteiger partial charge in [0.15, 0.2) is 0 Å². The number of rotatable bonds is 4. The van der Waals surface area contributed by atoms with Gasteiger partial charge in [0, 0.05) is 13.1 Å². The third-order valence-corrected chi connectivity index (χ3v) is 4.75. The van der Waals surface area contributed by atoms with Gasteiger partial charge in [0.25, 0.3) is 0 Å². The lowest BCUT2D eigenvalue weighted by atomic mass is 9.85. The molecule has 0 spiro atoms. The summed E-state index contributed by atoms with van der Waals surface area (Å²) in [6, 6.07) is 14.3. The van der Waals surface area contributed by atoms with E-state index in [2.05, 4.69) is 0 Å². The fourth-order valence-electron chi connectivity index (χ4n) is 3.45. The summed E-state index contributed by atoms with van der Waals surface area (Å²) in [4.78, 5) is 14.4. The maximum absolute atomic E-state index is 13.2. The quantitative estimate of drug-likeness (QED) is 0.885. The molecule has 0 radical (unpaired) electrons. The minimum atomic E-state index is -4.57. The molecule has 1 heterocycles. The molecule has 1 amide bonds. The van der Waals surface area contributed by atoms with Gasteiger partial charge in [-0.1, -0.05) is 48.5 Å². The number of hydrogen-bond acceptors (Lipinski definition) is 2. The van der Waals surface area contributed by atoms with Crippen molar-refractivity contribution in [1.29, 1.82) is 0 Å². The molecule has 2 aromatic rings. The third kappa shape index (κ3) is 3.90. The van der Waals surface area contributed by atoms with Gasteiger partial charge < -0.3 is 10.0 Å². The van der Waals surface area contributed by atoms with Gasteiger partial charge in [-0.05, 0) is 30.0 Å². The van der Waals surface area contributed by atoms with Crippen LogP contribution < -0.4 is 0 Å². The van der Waals surface area contributed by atoms with Crippen molar-refractivity contribution in [3.63, 3.8) is 0 Å². The molecule has 0 aliphatic carbocycles. The Labute approximate surface area is 150 Å². The zero-order chi connectivity index (χ0) is 18.7. The van der Waals surface area contributed by atoms with Crippen molar-refractivity contribution >= 4 is 5.91 Å². The predicted octanol–water partition coefficient (Wildman–Crippen LogP) is 4.18. The second kappa shape index (κ2) is 7.50. The van der Waals surface area contributed by atoms with E-state index in [1.54, 1.807) is 4.90 Å². The second-order valence-electron chi connectivity index (χ2n) is 6.52. The molecule has 2 atom stereocenters. The molecule has 3 rings (SSSR count). The molecular weight excluding hydrogens is 343 g/mol. The van der Waals surface area contributed by atoms with E-state index in [1.165, 1.54) is 18.2 Å². The minimum Gasteiger partial charge on any atom is -0.388 e. The molecule has 138 valence electrons. The summed E-state index contributed by atoms with van der Waals surface area (Å²) in [5, 5.41) is 10.6. The molecule has 1 aliphatic heterocycles. The van der Waals surface area contributed by atoms with Gasteiger partial charge in [0.1, 0.15) is 0 Å². The van der Waals surface area contributed by atoms with Crippen LogP contribution in [-0.4, -0.2) is 22.5 Å². The van der Waals surface area contributed by atoms with E-state index in [0.29, 0.717) is 25.9 Å². The van der Waals surface area contributed by atoms with Crippen LogP contribution in [-0.2, 0) is 17.5 Å². The Morgan fingerprint density at radius 2 is 1.73 bits per heavy atom. The first-order chi connectivity index (χ1) is 12.4. The van der Waals surface area contributed by atoms with Crippen LogP contribution in [0.1, 0.15) is 35.6 Å². The summed E-state index contributed by atoms with van der Waals surface area (Å²) in [7, 11) is 0. The van der Waals surface area contributed by atoms with Crippen LogP contribution in [0.25, 0.3) is 0 Å². The number of hydrogen-bond donors (Lipinski definition) is 1. The number of aliphatic hydroxyl groups is 1. The third-order valence-electron chi connectivity index (χ3n) is 4.75. The largest absolute Gasteiger partial charge is 0.416 e. The summed E-state index contributed by atoms with van der Waals surface area (Å²) >= 11 is 0. The Bertz CT molecular complexity index is 761. The fourth-order valence-corrected chi connectivity index (χ4v) is 3.45. The van der Waals surface area contributed by atoms with E-state index in [9.17, 15) is 23.1 Å². The number of aliphatic hydroxyl groups excluding tert-OH is 1. The van der Waals surface area contributed by atoms with E-state index in [-0.39, 0.29) is 11.5 Å². The summed E-state index contributed by atoms with van der Waals surface area (Å²) in [6.07, 6.45) is -5.02. The van der Waals surface area contributed by atoms with Crippen molar-refractivity contribution in [1.82, 2.24) is 4.90 Å². The highest BCUT2D eigenvalue weighted by molar-refractivity contribution is 5.80. The molecule has 1 aliphatic rings. The number of piperidine rings is 1. The maximum Gasteiger partial charge on any atom is 0.416 e. The summed E-state index contributed by atoms with van der Waals surface area (Å²) < 4.78 is 39.7. The summed E-state index contributed by atoms with van der Waals surface area (Å²) in [5.41, 5.74) is -0.174. The number of likely N-dealkylation sites (tertiary alicyclic amines) is 1. The Kier molecular flexibility index (Phi) is 5.32. The van der Waals surface area contributed by atoms with E-state index in [1.807, 2.05) is 30.3 Å². The smallest absolute Gasteiger partial charge is 0.388 e. The first-order valence-corrected chi connectivity index (χ1v) is 8.55. The zero-order valence-corrected chi connectivity index (χ0v) is 14.1. The average Bonchev–Trinajstić information content (AvgIpc) is 2.63. The van der Waals surface area contributed by atoms with E-state index >= 15 is 0 Å². The van der Waals surface area contributed by atoms with E-state index in [0.717, 1.165) is 11.6 Å². The fraction of sp³-hybridized carbons (Fsp3) is 0.350. The van der Waals surface area contributed by atoms with E-state index < -0.39 is 23.8 Å². The molecule has 26 heavy (non-hydrogen) atoms. The highest BCUT2D eigenvalue weighted by atomic mass is 19.4. The lowest BCUT2D eigenvalue weighted by molar-refractivity contribution is -0.147. The van der Waals surface area contributed by atoms with Crippen LogP contribution in [0.3, 0.4) is 0 Å². The van der Waals surface area contributed by atoms with Crippen molar-refractivity contribution in [3.05, 3.63) is 71.3 Å². The first-order valence-electron chi connectivity index (χ1n) is 8.55. The molecule has 0 bridgehead atoms. The molecule has 0 saturated carbocycles. The number of benzene rings is 2. The number of carbonyl (C=O) groups excluding carboxylic acids is 1. The Hall–Kier alpha value is -2.34. The van der Waals surface area contributed by atoms with Crippen LogP contribution in [0, 0.1) is 5.92 Å². The molecule has 3 nitrogen and oxygen atoms in total. The van der Waals surface area contributed by atoms with Crippen LogP contribution in [0.15, 0.2) is 54.6 Å². The summed E-state index contributed by atoms with van der Waals surface area (Å²) in [6.45, 7) is 0.932. The Balaban J connectivity index is 1.82. The minimum absolute atomic E-state index is 0.236. The van der Waals surface area contributed by atoms with Crippen molar-refractivity contribution in [2.75, 3.05) is 6.54 Å². The molecule has 0 aromatic heterocycles. The van der Waals surface area contributed by atoms with E-state index in [4.69, 9.17) is 0 Å². The van der Waals surface area contributed by atoms with Gasteiger partial charge in [-0.2, -0.15) is 13.2 Å². The van der Waals surface area contributed by atoms with Crippen molar-refractivity contribution in [3.8, 4) is 0 Å². The zero-order valence-electron chi connectivity index (χ0n) is 14.1. The topological polar surface area (TPSA) is 40.5 Å². The molecule has 1 saturated heterocycles. The Morgan fingerprint density at radius 1 is 1.08 bits per heavy atom. The molecule has 1 fully saturated rings. The second-order valence-corrected chi connectivity index (χ2v) is 6.52. The predicted molar refractivity (Wildman–Crippen MR) is 91.0 cm³/mol. The molecule has 1 N–H and O–H groups in total. The average molecular weight is 363 g/mol. The highest BCUT2D eigenvalue weighted by Gasteiger charge is 2.40. The van der Waals surface area contributed by atoms with Crippen LogP contribution >= 0.6 is 0 Å². The highest BCUT2D eigenvalue weighted by Crippen LogP contribution is 2.39. The van der Waals surface area contributed by atoms with Gasteiger partial charge in [-0.3, -0.25) is 4.79 Å². The summed E-state index contributed by atoms with van der Waals surface area (Å²) in [5.74, 6) is -1.17. The lowest BCUT2D eigenvalue weighted by Gasteiger charge is -2.35. The number of carbonyl (C=O) groups is 1. The molecule has 2 aromatic carbocycles. The molecule has 6 heteroatoms. The SMILES string of the molecule is O=C1C(C(O)c2ccccc2C(F)(F)F)CCCN1Cc1ccccc1. The Morgan fingerprint density at radius 3 is 2.42 bits per heavy atom. The van der Waals surface area contributed by atoms with Crippen molar-refractivity contribution < 1.29 is 23.1 Å². The van der Waals surface area contributed by atoms with Crippen LogP contribution in [0.4, 0.5) is 13.2 Å². The van der Waals surface area contributed by atoms with Crippen LogP contribution in [0.2, 0.25) is 0 Å². The lowest BCUT2D eigenvalue weighted by Crippen LogP contribution is -2.43. The van der Waals surface area contributed by atoms with Gasteiger partial charge in [-0.15, -0.1) is 0 Å². The first kappa shape index (κ1) is 18.5. The van der Waals surface area contributed by atoms with Gasteiger partial charge in [-0.25, -0.2) is 0 Å². The van der Waals surface area contributed by atoms with Gasteiger partial charge in [0.2, 0.25) is 5.91 Å². The number of alkyl halides is 3. The maximum atomic E-state index is 13.2. The van der Waals surface area contributed by atoms with Crippen molar-refractivity contribution in [2.24, 2.45) is 5.92 Å². The number of halogens is 3. The molecular formula is C20H20F3NO2. The standard InChI is InChI=1S/C20H20F3NO2/c21-20(22,23)17-11-5-4-9-15(17)18(25)16-10-6-12-24(19(16)26)13-14-7-2-1-3-8-14/h1-5,7-9,11,16,18,25H,6,10,12-13H2.